The van der Waals surface area contributed by atoms with Crippen molar-refractivity contribution in [1.29, 1.82) is 0 Å². The first kappa shape index (κ1) is 64.1. The van der Waals surface area contributed by atoms with Crippen molar-refractivity contribution in [2.24, 2.45) is 0 Å². The van der Waals surface area contributed by atoms with Crippen LogP contribution in [0.15, 0.2) is 53.3 Å². The Labute approximate surface area is 513 Å². The topological polar surface area (TPSA) is 467 Å². The summed E-state index contributed by atoms with van der Waals surface area (Å²) in [6.45, 7) is -0.581. The van der Waals surface area contributed by atoms with Gasteiger partial charge in [-0.05, 0) is 55.5 Å². The Hall–Kier alpha value is -9.93. The molecule has 91 heavy (non-hydrogen) atoms. The first-order valence-corrected chi connectivity index (χ1v) is 28.7. The maximum Gasteiger partial charge on any atom is 0.343 e. The van der Waals surface area contributed by atoms with E-state index in [-0.39, 0.29) is 62.6 Å². The quantitative estimate of drug-likeness (QED) is 0.0157. The van der Waals surface area contributed by atoms with Gasteiger partial charge in [0.05, 0.1) is 54.7 Å². The number of carbonyl (C=O) groups excluding carboxylic acids is 10. The molecule has 4 aromatic rings. The summed E-state index contributed by atoms with van der Waals surface area (Å²) < 4.78 is 34.8. The third-order valence-electron chi connectivity index (χ3n) is 16.0. The Morgan fingerprint density at radius 2 is 1.49 bits per heavy atom. The predicted molar refractivity (Wildman–Crippen MR) is 303 cm³/mol. The number of nitrogens with zero attached hydrogens (tertiary/aromatic N) is 3. The van der Waals surface area contributed by atoms with Gasteiger partial charge in [0, 0.05) is 59.7 Å². The summed E-state index contributed by atoms with van der Waals surface area (Å²) in [5.41, 5.74) is 1.38. The largest absolute Gasteiger partial charge is 0.479 e. The zero-order valence-corrected chi connectivity index (χ0v) is 48.6. The number of carbonyl (C=O) groups is 11. The highest BCUT2D eigenvalue weighted by Gasteiger charge is 2.49. The van der Waals surface area contributed by atoms with E-state index >= 15 is 0 Å². The summed E-state index contributed by atoms with van der Waals surface area (Å²) >= 11 is 0. The number of carboxylic acid groups (broad SMARTS) is 1. The van der Waals surface area contributed by atoms with E-state index in [9.17, 15) is 83.1 Å². The maximum absolute atomic E-state index is 14.1. The third kappa shape index (κ3) is 13.4. The fourth-order valence-electron chi connectivity index (χ4n) is 11.2. The van der Waals surface area contributed by atoms with Crippen LogP contribution in [0.3, 0.4) is 0 Å². The van der Waals surface area contributed by atoms with Gasteiger partial charge in [-0.1, -0.05) is 19.1 Å². The van der Waals surface area contributed by atoms with Crippen molar-refractivity contribution >= 4 is 76.0 Å². The molecular weight excluding hydrogens is 1200 g/mol. The Balaban J connectivity index is 0.744. The van der Waals surface area contributed by atoms with E-state index in [4.69, 9.17) is 33.4 Å². The molecular formula is C58H62N10O23. The number of imide groups is 1. The average molecular weight is 1270 g/mol. The minimum atomic E-state index is -2.07. The van der Waals surface area contributed by atoms with Gasteiger partial charge in [0.25, 0.3) is 17.4 Å². The third-order valence-corrected chi connectivity index (χ3v) is 16.0. The Morgan fingerprint density at radius 1 is 0.791 bits per heavy atom. The highest BCUT2D eigenvalue weighted by atomic mass is 16.7. The van der Waals surface area contributed by atoms with Crippen LogP contribution < -0.4 is 57.0 Å². The maximum atomic E-state index is 14.1. The molecule has 0 spiro atoms. The van der Waals surface area contributed by atoms with E-state index in [1.54, 1.807) is 19.1 Å². The SMILES string of the molecule is CC[C@@]1(O)C(=O)OCc2c1cc1n(c2=O)Cc2c-1nc1cc3c(c4c1c2[C@@H](NC(=O)[C@@H](C)OCNC(=O)CNC(=O)[C@H](Cc1ccc(O[C@@H]2O[C@H](C(=O)O)[C@@H](O)[C@H](O)[C@H]2O)cc1)NC(=O)CNC(=O)CNC(=O)CCNC(=O)CN1C(=O)C=CC1=O)CC4)OCO3. The molecule has 9 atom stereocenters. The summed E-state index contributed by atoms with van der Waals surface area (Å²) in [6.07, 6.45) is -8.50. The summed E-state index contributed by atoms with van der Waals surface area (Å²) in [5.74, 6) is -8.30. The number of nitrogens with one attached hydrogen (secondary N) is 7. The first-order chi connectivity index (χ1) is 43.4. The van der Waals surface area contributed by atoms with Crippen LogP contribution in [0.2, 0.25) is 0 Å². The van der Waals surface area contributed by atoms with E-state index in [1.165, 1.54) is 35.8 Å². The molecule has 2 aromatic heterocycles. The van der Waals surface area contributed by atoms with E-state index in [0.29, 0.717) is 68.2 Å². The number of benzene rings is 2. The number of amides is 9. The highest BCUT2D eigenvalue weighted by molar-refractivity contribution is 6.14. The lowest BCUT2D eigenvalue weighted by atomic mass is 9.82. The second-order valence-electron chi connectivity index (χ2n) is 21.9. The van der Waals surface area contributed by atoms with Crippen molar-refractivity contribution < 1.29 is 107 Å². The number of esters is 1. The molecule has 1 saturated heterocycles. The molecule has 33 heteroatoms. The molecule has 0 saturated carbocycles. The number of aromatic nitrogens is 2. The fourth-order valence-corrected chi connectivity index (χ4v) is 11.2. The molecule has 1 fully saturated rings. The number of hydrogen-bond acceptors (Lipinski definition) is 23. The van der Waals surface area contributed by atoms with Crippen molar-refractivity contribution in [3.63, 3.8) is 0 Å². The van der Waals surface area contributed by atoms with E-state index in [2.05, 4.69) is 37.2 Å². The highest BCUT2D eigenvalue weighted by Crippen LogP contribution is 2.50. The van der Waals surface area contributed by atoms with E-state index in [0.717, 1.165) is 17.7 Å². The molecule has 6 aliphatic rings. The molecule has 33 nitrogen and oxygen atoms in total. The van der Waals surface area contributed by atoms with Crippen molar-refractivity contribution in [2.75, 3.05) is 46.2 Å². The number of aryl methyl sites for hydroxylation is 1. The van der Waals surface area contributed by atoms with Crippen LogP contribution in [0.5, 0.6) is 17.2 Å². The summed E-state index contributed by atoms with van der Waals surface area (Å²) in [5, 5.41) is 69.6. The van der Waals surface area contributed by atoms with Crippen LogP contribution in [0.25, 0.3) is 22.3 Å². The van der Waals surface area contributed by atoms with Crippen molar-refractivity contribution in [3.8, 4) is 28.6 Å². The number of carboxylic acids is 1. The average Bonchev–Trinajstić information content (AvgIpc) is 1.62. The van der Waals surface area contributed by atoms with Gasteiger partial charge in [-0.25, -0.2) is 14.6 Å². The lowest BCUT2D eigenvalue weighted by molar-refractivity contribution is -0.271. The summed E-state index contributed by atoms with van der Waals surface area (Å²) in [6, 6.07) is 6.64. The predicted octanol–water partition coefficient (Wildman–Crippen LogP) is -4.83. The number of pyridine rings is 2. The van der Waals surface area contributed by atoms with Crippen LogP contribution >= 0.6 is 0 Å². The molecule has 9 amide bonds. The number of hydrogen-bond donors (Lipinski definition) is 12. The second-order valence-corrected chi connectivity index (χ2v) is 21.9. The van der Waals surface area contributed by atoms with Gasteiger partial charge in [-0.15, -0.1) is 0 Å². The number of rotatable bonds is 24. The number of aliphatic carboxylic acids is 1. The van der Waals surface area contributed by atoms with Crippen LogP contribution in [0.1, 0.15) is 72.5 Å². The smallest absolute Gasteiger partial charge is 0.343 e. The molecule has 2 aromatic carbocycles. The minimum Gasteiger partial charge on any atom is -0.479 e. The van der Waals surface area contributed by atoms with Gasteiger partial charge in [0.2, 0.25) is 54.4 Å². The first-order valence-electron chi connectivity index (χ1n) is 28.7. The molecule has 0 bridgehead atoms. The molecule has 482 valence electrons. The number of fused-ring (bicyclic) bond motifs is 7. The van der Waals surface area contributed by atoms with Crippen molar-refractivity contribution in [2.45, 2.75) is 114 Å². The van der Waals surface area contributed by atoms with Gasteiger partial charge in [-0.3, -0.25) is 52.8 Å². The Morgan fingerprint density at radius 3 is 2.22 bits per heavy atom. The number of aliphatic hydroxyl groups excluding tert-OH is 3. The molecule has 10 rings (SSSR count). The number of cyclic esters (lactones) is 1. The summed E-state index contributed by atoms with van der Waals surface area (Å²) in [4.78, 5) is 159. The van der Waals surface area contributed by atoms with Crippen LogP contribution in [-0.2, 0) is 98.5 Å². The van der Waals surface area contributed by atoms with E-state index < -0.39 is 158 Å². The van der Waals surface area contributed by atoms with E-state index in [1.807, 2.05) is 0 Å². The fraction of sp³-hybridized carbons (Fsp3) is 0.431. The van der Waals surface area contributed by atoms with Crippen molar-refractivity contribution in [1.82, 2.24) is 51.7 Å². The molecule has 1 aliphatic carbocycles. The van der Waals surface area contributed by atoms with Gasteiger partial charge < -0.3 is 95.7 Å². The van der Waals surface area contributed by atoms with Gasteiger partial charge in [0.1, 0.15) is 56.1 Å². The molecule has 7 heterocycles. The second kappa shape index (κ2) is 26.6. The number of ether oxygens (including phenoxy) is 6. The summed E-state index contributed by atoms with van der Waals surface area (Å²) in [7, 11) is 0. The Kier molecular flexibility index (Phi) is 18.8. The van der Waals surface area contributed by atoms with Gasteiger partial charge in [0.15, 0.2) is 23.2 Å². The van der Waals surface area contributed by atoms with Gasteiger partial charge in [-0.2, -0.15) is 0 Å². The monoisotopic (exact) mass is 1270 g/mol. The van der Waals surface area contributed by atoms with Crippen LogP contribution in [0, 0.1) is 0 Å². The lowest BCUT2D eigenvalue weighted by Crippen LogP contribution is -2.61. The Bertz CT molecular complexity index is 3760. The van der Waals surface area contributed by atoms with Crippen LogP contribution in [0.4, 0.5) is 0 Å². The zero-order valence-electron chi connectivity index (χ0n) is 48.6. The molecule has 0 unspecified atom stereocenters. The molecule has 0 radical (unpaired) electrons. The molecule has 12 N–H and O–H groups in total. The molecule has 5 aliphatic heterocycles. The standard InChI is InChI=1S/C58H62N10O23/c1-3-58(85)31-15-35-46-29(20-67(35)54(81)30(31)22-86-57(58)84)45-32(9-8-28-44(45)33(65-46)16-36-50(28)89-24-88-36)66-52(79)25(2)87-23-63-39(71)18-62-53(80)34(14-26-4-6-27(7-5-26)90-56-49(78)47(76)48(77)51(91-56)55(82)83)64-40(72)19-61-38(70)17-60-37(69)12-13-59-41(73)21-68-42(74)10-11-43(68)75/h4-7,10-11,15-16,25,32,34,47-49,51,56,76-78,85H,3,8-9,12-14,17-24H2,1-2H3,(H,59,73)(H,60,69)(H,61,70)(H,62,80)(H,63,71)(H,64,72)(H,66,79)(H,82,83)/t25-,32+,34+,47+,48+,49-,51+,56-,58+/m1/s1. The van der Waals surface area contributed by atoms with Crippen LogP contribution in [-0.4, -0.2) is 194 Å². The zero-order chi connectivity index (χ0) is 65.2. The van der Waals surface area contributed by atoms with Gasteiger partial charge >= 0.3 is 11.9 Å². The minimum absolute atomic E-state index is 0.0233. The lowest BCUT2D eigenvalue weighted by Gasteiger charge is -2.38. The normalized spacial score (nSPS) is 22.1. The number of aliphatic hydroxyl groups is 4. The van der Waals surface area contributed by atoms with Crippen molar-refractivity contribution in [3.05, 3.63) is 92.3 Å².